The van der Waals surface area contributed by atoms with Crippen LogP contribution in [0.3, 0.4) is 0 Å². The van der Waals surface area contributed by atoms with Crippen LogP contribution < -0.4 is 15.5 Å². The minimum atomic E-state index is 0.394. The van der Waals surface area contributed by atoms with Crippen molar-refractivity contribution in [3.05, 3.63) is 41.9 Å². The van der Waals surface area contributed by atoms with Crippen molar-refractivity contribution in [1.29, 1.82) is 0 Å². The summed E-state index contributed by atoms with van der Waals surface area (Å²) < 4.78 is 0. The minimum absolute atomic E-state index is 0.394. The second-order valence-electron chi connectivity index (χ2n) is 4.80. The molecule has 0 bridgehead atoms. The van der Waals surface area contributed by atoms with Gasteiger partial charge in [0, 0.05) is 43.4 Å². The summed E-state index contributed by atoms with van der Waals surface area (Å²) in [5.74, 6) is 0.822. The molecule has 4 nitrogen and oxygen atoms in total. The summed E-state index contributed by atoms with van der Waals surface area (Å²) in [7, 11) is 1.78. The highest BCUT2D eigenvalue weighted by atomic mass is 35.5. The van der Waals surface area contributed by atoms with E-state index in [2.05, 4.69) is 33.2 Å². The van der Waals surface area contributed by atoms with Gasteiger partial charge in [0.25, 0.3) is 0 Å². The van der Waals surface area contributed by atoms with Crippen molar-refractivity contribution >= 4 is 23.2 Å². The molecule has 0 saturated carbocycles. The third-order valence-electron chi connectivity index (χ3n) is 3.34. The van der Waals surface area contributed by atoms with E-state index in [-0.39, 0.29) is 0 Å². The summed E-state index contributed by atoms with van der Waals surface area (Å²) in [6.45, 7) is 6.38. The van der Waals surface area contributed by atoms with E-state index >= 15 is 0 Å². The van der Waals surface area contributed by atoms with Crippen LogP contribution >= 0.6 is 11.6 Å². The van der Waals surface area contributed by atoms with E-state index in [1.54, 1.807) is 7.05 Å². The monoisotopic (exact) mass is 292 g/mol. The zero-order valence-electron chi connectivity index (χ0n) is 11.8. The first-order chi connectivity index (χ1) is 9.72. The van der Waals surface area contributed by atoms with E-state index in [9.17, 15) is 0 Å². The van der Waals surface area contributed by atoms with E-state index in [1.807, 2.05) is 24.3 Å². The lowest BCUT2D eigenvalue weighted by molar-refractivity contribution is 0.654. The number of rotatable bonds is 4. The summed E-state index contributed by atoms with van der Waals surface area (Å²) in [6, 6.07) is 8.39. The van der Waals surface area contributed by atoms with Gasteiger partial charge in [-0.15, -0.1) is 6.58 Å². The van der Waals surface area contributed by atoms with Gasteiger partial charge in [-0.3, -0.25) is 4.99 Å². The molecule has 0 aliphatic carbocycles. The molecule has 2 rings (SSSR count). The molecular weight excluding hydrogens is 272 g/mol. The number of guanidine groups is 1. The highest BCUT2D eigenvalue weighted by Gasteiger charge is 2.23. The van der Waals surface area contributed by atoms with Crippen molar-refractivity contribution in [1.82, 2.24) is 10.6 Å². The number of nitrogens with zero attached hydrogens (tertiary/aromatic N) is 2. The van der Waals surface area contributed by atoms with Crippen LogP contribution in [0.25, 0.3) is 0 Å². The molecule has 0 radical (unpaired) electrons. The molecule has 1 unspecified atom stereocenters. The van der Waals surface area contributed by atoms with Gasteiger partial charge in [0.1, 0.15) is 0 Å². The van der Waals surface area contributed by atoms with Gasteiger partial charge in [-0.25, -0.2) is 0 Å². The Hall–Kier alpha value is -1.68. The first-order valence-corrected chi connectivity index (χ1v) is 7.19. The second kappa shape index (κ2) is 7.20. The molecule has 1 saturated heterocycles. The Balaban J connectivity index is 1.90. The SMILES string of the molecule is C=CCNC(=NC)NC1CCN(c2cccc(Cl)c2)C1. The van der Waals surface area contributed by atoms with Crippen molar-refractivity contribution in [2.75, 3.05) is 31.6 Å². The molecule has 2 N–H and O–H groups in total. The molecule has 1 aromatic carbocycles. The average molecular weight is 293 g/mol. The quantitative estimate of drug-likeness (QED) is 0.508. The van der Waals surface area contributed by atoms with Crippen molar-refractivity contribution in [2.45, 2.75) is 12.5 Å². The predicted octanol–water partition coefficient (Wildman–Crippen LogP) is 2.27. The predicted molar refractivity (Wildman–Crippen MR) is 86.8 cm³/mol. The molecule has 0 spiro atoms. The molecule has 1 heterocycles. The third-order valence-corrected chi connectivity index (χ3v) is 3.57. The lowest BCUT2D eigenvalue weighted by Crippen LogP contribution is -2.44. The number of hydrogen-bond acceptors (Lipinski definition) is 2. The summed E-state index contributed by atoms with van der Waals surface area (Å²) in [6.07, 6.45) is 2.90. The number of nitrogens with one attached hydrogen (secondary N) is 2. The summed E-state index contributed by atoms with van der Waals surface area (Å²) in [5, 5.41) is 7.40. The first-order valence-electron chi connectivity index (χ1n) is 6.81. The maximum absolute atomic E-state index is 6.04. The van der Waals surface area contributed by atoms with Crippen molar-refractivity contribution in [3.8, 4) is 0 Å². The molecule has 5 heteroatoms. The average Bonchev–Trinajstić information content (AvgIpc) is 2.92. The standard InChI is InChI=1S/C15H21ClN4/c1-3-8-18-15(17-2)19-13-7-9-20(11-13)14-6-4-5-12(16)10-14/h3-6,10,13H,1,7-9,11H2,2H3,(H2,17,18,19). The first kappa shape index (κ1) is 14.7. The topological polar surface area (TPSA) is 39.7 Å². The van der Waals surface area contributed by atoms with Crippen LogP contribution in [0.1, 0.15) is 6.42 Å². The smallest absolute Gasteiger partial charge is 0.191 e. The number of aliphatic imine (C=N–C) groups is 1. The maximum atomic E-state index is 6.04. The highest BCUT2D eigenvalue weighted by molar-refractivity contribution is 6.30. The van der Waals surface area contributed by atoms with Crippen molar-refractivity contribution < 1.29 is 0 Å². The van der Waals surface area contributed by atoms with Gasteiger partial charge < -0.3 is 15.5 Å². The Bertz CT molecular complexity index is 487. The number of anilines is 1. The Kier molecular flexibility index (Phi) is 5.30. The molecule has 1 aromatic rings. The zero-order valence-corrected chi connectivity index (χ0v) is 12.5. The molecule has 0 aromatic heterocycles. The minimum Gasteiger partial charge on any atom is -0.369 e. The van der Waals surface area contributed by atoms with Crippen LogP contribution in [0.15, 0.2) is 41.9 Å². The largest absolute Gasteiger partial charge is 0.369 e. The van der Waals surface area contributed by atoms with E-state index in [0.717, 1.165) is 30.5 Å². The van der Waals surface area contributed by atoms with E-state index in [4.69, 9.17) is 11.6 Å². The lowest BCUT2D eigenvalue weighted by atomic mass is 10.3. The van der Waals surface area contributed by atoms with Gasteiger partial charge in [-0.2, -0.15) is 0 Å². The van der Waals surface area contributed by atoms with Crippen LogP contribution in [0.2, 0.25) is 5.02 Å². The van der Waals surface area contributed by atoms with Crippen LogP contribution in [-0.2, 0) is 0 Å². The van der Waals surface area contributed by atoms with E-state index < -0.39 is 0 Å². The van der Waals surface area contributed by atoms with Gasteiger partial charge >= 0.3 is 0 Å². The summed E-state index contributed by atoms with van der Waals surface area (Å²) in [4.78, 5) is 6.55. The fourth-order valence-corrected chi connectivity index (χ4v) is 2.53. The van der Waals surface area contributed by atoms with Crippen molar-refractivity contribution in [3.63, 3.8) is 0 Å². The second-order valence-corrected chi connectivity index (χ2v) is 5.23. The maximum Gasteiger partial charge on any atom is 0.191 e. The number of halogens is 1. The van der Waals surface area contributed by atoms with Gasteiger partial charge in [-0.1, -0.05) is 23.7 Å². The fraction of sp³-hybridized carbons (Fsp3) is 0.400. The summed E-state index contributed by atoms with van der Waals surface area (Å²) in [5.41, 5.74) is 1.18. The normalized spacial score (nSPS) is 19.0. The zero-order chi connectivity index (χ0) is 14.4. The molecule has 1 atom stereocenters. The van der Waals surface area contributed by atoms with E-state index in [1.165, 1.54) is 5.69 Å². The molecule has 0 amide bonds. The molecule has 1 fully saturated rings. The van der Waals surface area contributed by atoms with Gasteiger partial charge in [0.15, 0.2) is 5.96 Å². The number of hydrogen-bond donors (Lipinski definition) is 2. The third kappa shape index (κ3) is 3.90. The van der Waals surface area contributed by atoms with Crippen LogP contribution in [0.4, 0.5) is 5.69 Å². The fourth-order valence-electron chi connectivity index (χ4n) is 2.34. The summed E-state index contributed by atoms with van der Waals surface area (Å²) >= 11 is 6.04. The van der Waals surface area contributed by atoms with Gasteiger partial charge in [0.2, 0.25) is 0 Å². The van der Waals surface area contributed by atoms with Crippen LogP contribution in [-0.4, -0.2) is 38.7 Å². The van der Waals surface area contributed by atoms with E-state index in [0.29, 0.717) is 12.6 Å². The Morgan fingerprint density at radius 1 is 1.60 bits per heavy atom. The molecule has 1 aliphatic rings. The Labute approximate surface area is 125 Å². The number of benzene rings is 1. The Morgan fingerprint density at radius 3 is 3.15 bits per heavy atom. The molecule has 20 heavy (non-hydrogen) atoms. The Morgan fingerprint density at radius 2 is 2.45 bits per heavy atom. The van der Waals surface area contributed by atoms with Crippen molar-refractivity contribution in [2.24, 2.45) is 4.99 Å². The van der Waals surface area contributed by atoms with Crippen LogP contribution in [0, 0.1) is 0 Å². The van der Waals surface area contributed by atoms with Crippen LogP contribution in [0.5, 0.6) is 0 Å². The lowest BCUT2D eigenvalue weighted by Gasteiger charge is -2.20. The molecule has 1 aliphatic heterocycles. The molecule has 108 valence electrons. The van der Waals surface area contributed by atoms with Gasteiger partial charge in [0.05, 0.1) is 0 Å². The highest BCUT2D eigenvalue weighted by Crippen LogP contribution is 2.23. The van der Waals surface area contributed by atoms with Gasteiger partial charge in [-0.05, 0) is 24.6 Å². The molecular formula is C15H21ClN4.